The van der Waals surface area contributed by atoms with E-state index in [2.05, 4.69) is 10.3 Å². The monoisotopic (exact) mass is 388 g/mol. The van der Waals surface area contributed by atoms with Crippen LogP contribution in [0, 0.1) is 0 Å². The Hall–Kier alpha value is -3.74. The van der Waals surface area contributed by atoms with E-state index in [9.17, 15) is 14.4 Å². The molecule has 4 rings (SSSR count). The summed E-state index contributed by atoms with van der Waals surface area (Å²) in [5.41, 5.74) is 1.85. The minimum Gasteiger partial charge on any atom is -0.352 e. The van der Waals surface area contributed by atoms with Crippen molar-refractivity contribution >= 4 is 17.7 Å². The van der Waals surface area contributed by atoms with Gasteiger partial charge in [0.05, 0.1) is 24.0 Å². The van der Waals surface area contributed by atoms with Gasteiger partial charge in [0.1, 0.15) is 0 Å². The Balaban J connectivity index is 1.40. The van der Waals surface area contributed by atoms with Gasteiger partial charge in [0.25, 0.3) is 17.7 Å². The molecule has 0 fully saturated rings. The number of nitrogens with zero attached hydrogens (tertiary/aromatic N) is 3. The summed E-state index contributed by atoms with van der Waals surface area (Å²) in [5.74, 6) is -0.968. The van der Waals surface area contributed by atoms with E-state index in [-0.39, 0.29) is 29.8 Å². The number of hydrogen-bond donors (Lipinski definition) is 1. The molecule has 0 aliphatic carbocycles. The second kappa shape index (κ2) is 8.10. The van der Waals surface area contributed by atoms with Crippen molar-refractivity contribution in [2.75, 3.05) is 6.54 Å². The summed E-state index contributed by atoms with van der Waals surface area (Å²) in [6, 6.07) is 14.0. The number of imide groups is 1. The zero-order chi connectivity index (χ0) is 20.2. The van der Waals surface area contributed by atoms with Gasteiger partial charge < -0.3 is 9.88 Å². The van der Waals surface area contributed by atoms with Crippen LogP contribution in [0.1, 0.15) is 43.1 Å². The number of hydrogen-bond acceptors (Lipinski definition) is 4. The zero-order valence-corrected chi connectivity index (χ0v) is 15.7. The minimum atomic E-state index is -0.372. The van der Waals surface area contributed by atoms with Gasteiger partial charge in [-0.15, -0.1) is 0 Å². The molecule has 146 valence electrons. The fourth-order valence-electron chi connectivity index (χ4n) is 3.33. The molecule has 0 saturated carbocycles. The molecule has 1 aliphatic rings. The largest absolute Gasteiger partial charge is 0.352 e. The van der Waals surface area contributed by atoms with Crippen LogP contribution in [-0.2, 0) is 13.1 Å². The van der Waals surface area contributed by atoms with Gasteiger partial charge in [-0.25, -0.2) is 4.98 Å². The Morgan fingerprint density at radius 1 is 1.00 bits per heavy atom. The molecule has 3 amide bonds. The highest BCUT2D eigenvalue weighted by atomic mass is 16.2. The highest BCUT2D eigenvalue weighted by Crippen LogP contribution is 2.25. The summed E-state index contributed by atoms with van der Waals surface area (Å²) in [4.78, 5) is 43.0. The summed E-state index contributed by atoms with van der Waals surface area (Å²) in [7, 11) is 0. The first kappa shape index (κ1) is 18.6. The number of rotatable bonds is 7. The Labute approximate surface area is 168 Å². The van der Waals surface area contributed by atoms with Gasteiger partial charge in [-0.1, -0.05) is 30.3 Å². The Bertz CT molecular complexity index is 1050. The Morgan fingerprint density at radius 3 is 2.55 bits per heavy atom. The van der Waals surface area contributed by atoms with Gasteiger partial charge in [-0.3, -0.25) is 19.3 Å². The van der Waals surface area contributed by atoms with Crippen LogP contribution < -0.4 is 5.32 Å². The van der Waals surface area contributed by atoms with E-state index in [0.717, 1.165) is 18.5 Å². The average molecular weight is 388 g/mol. The van der Waals surface area contributed by atoms with E-state index < -0.39 is 0 Å². The lowest BCUT2D eigenvalue weighted by Gasteiger charge is -2.13. The lowest BCUT2D eigenvalue weighted by Crippen LogP contribution is -2.29. The molecule has 0 unspecified atom stereocenters. The summed E-state index contributed by atoms with van der Waals surface area (Å²) >= 11 is 0. The molecule has 0 atom stereocenters. The third kappa shape index (κ3) is 3.94. The first-order valence-corrected chi connectivity index (χ1v) is 9.41. The molecule has 3 aromatic rings. The molecule has 0 saturated heterocycles. The van der Waals surface area contributed by atoms with Crippen LogP contribution in [0.15, 0.2) is 67.3 Å². The van der Waals surface area contributed by atoms with Gasteiger partial charge in [0.2, 0.25) is 0 Å². The molecule has 0 radical (unpaired) electrons. The topological polar surface area (TPSA) is 84.3 Å². The van der Waals surface area contributed by atoms with Crippen molar-refractivity contribution < 1.29 is 14.4 Å². The quantitative estimate of drug-likeness (QED) is 0.498. The average Bonchev–Trinajstić information content (AvgIpc) is 3.35. The van der Waals surface area contributed by atoms with Crippen molar-refractivity contribution in [3.05, 3.63) is 89.5 Å². The maximum atomic E-state index is 12.7. The fourth-order valence-corrected chi connectivity index (χ4v) is 3.33. The fraction of sp³-hybridized carbons (Fsp3) is 0.182. The second-order valence-electron chi connectivity index (χ2n) is 6.85. The van der Waals surface area contributed by atoms with Crippen LogP contribution in [0.3, 0.4) is 0 Å². The molecule has 1 N–H and O–H groups in total. The number of fused-ring (bicyclic) bond motifs is 1. The third-order valence-electron chi connectivity index (χ3n) is 4.85. The molecule has 1 aromatic heterocycles. The second-order valence-corrected chi connectivity index (χ2v) is 6.85. The number of amides is 3. The molecule has 0 spiro atoms. The van der Waals surface area contributed by atoms with Crippen molar-refractivity contribution in [3.8, 4) is 0 Å². The van der Waals surface area contributed by atoms with Gasteiger partial charge in [-0.2, -0.15) is 0 Å². The van der Waals surface area contributed by atoms with E-state index in [0.29, 0.717) is 17.7 Å². The Kier molecular flexibility index (Phi) is 5.20. The predicted molar refractivity (Wildman–Crippen MR) is 106 cm³/mol. The van der Waals surface area contributed by atoms with Crippen molar-refractivity contribution in [1.29, 1.82) is 0 Å². The zero-order valence-electron chi connectivity index (χ0n) is 15.7. The van der Waals surface area contributed by atoms with Crippen LogP contribution in [0.2, 0.25) is 0 Å². The summed E-state index contributed by atoms with van der Waals surface area (Å²) in [6.45, 7) is 1.47. The number of benzene rings is 2. The number of nitrogens with one attached hydrogen (secondary N) is 1. The highest BCUT2D eigenvalue weighted by Gasteiger charge is 2.35. The standard InChI is InChI=1S/C22H20N4O3/c27-20(24-9-4-11-25-12-10-23-15-25)17-7-8-18-19(13-17)22(29)26(21(18)28)14-16-5-2-1-3-6-16/h1-3,5-8,10,12-13,15H,4,9,11,14H2,(H,24,27). The number of carbonyl (C=O) groups is 3. The van der Waals surface area contributed by atoms with E-state index in [1.807, 2.05) is 41.1 Å². The maximum Gasteiger partial charge on any atom is 0.261 e. The van der Waals surface area contributed by atoms with Gasteiger partial charge in [-0.05, 0) is 30.2 Å². The highest BCUT2D eigenvalue weighted by molar-refractivity contribution is 6.22. The van der Waals surface area contributed by atoms with E-state index in [1.54, 1.807) is 24.7 Å². The number of imidazole rings is 1. The van der Waals surface area contributed by atoms with E-state index >= 15 is 0 Å². The lowest BCUT2D eigenvalue weighted by atomic mass is 10.1. The van der Waals surface area contributed by atoms with Crippen LogP contribution in [0.5, 0.6) is 0 Å². The van der Waals surface area contributed by atoms with E-state index in [1.165, 1.54) is 11.0 Å². The molecule has 2 heterocycles. The number of aryl methyl sites for hydroxylation is 1. The molecular weight excluding hydrogens is 368 g/mol. The third-order valence-corrected chi connectivity index (χ3v) is 4.85. The predicted octanol–water partition coefficient (Wildman–Crippen LogP) is 2.50. The van der Waals surface area contributed by atoms with Crippen molar-refractivity contribution in [1.82, 2.24) is 19.8 Å². The van der Waals surface area contributed by atoms with Crippen LogP contribution in [0.4, 0.5) is 0 Å². The Morgan fingerprint density at radius 2 is 1.79 bits per heavy atom. The van der Waals surface area contributed by atoms with Gasteiger partial charge in [0.15, 0.2) is 0 Å². The lowest BCUT2D eigenvalue weighted by molar-refractivity contribution is 0.0642. The van der Waals surface area contributed by atoms with E-state index in [4.69, 9.17) is 0 Å². The molecule has 7 heteroatoms. The van der Waals surface area contributed by atoms with Gasteiger partial charge in [0, 0.05) is 31.0 Å². The smallest absolute Gasteiger partial charge is 0.261 e. The SMILES string of the molecule is O=C(NCCCn1ccnc1)c1ccc2c(c1)C(=O)N(Cc1ccccc1)C2=O. The van der Waals surface area contributed by atoms with Crippen molar-refractivity contribution in [2.45, 2.75) is 19.5 Å². The summed E-state index contributed by atoms with van der Waals surface area (Å²) in [6.07, 6.45) is 6.07. The van der Waals surface area contributed by atoms with Crippen molar-refractivity contribution in [2.24, 2.45) is 0 Å². The van der Waals surface area contributed by atoms with Crippen LogP contribution in [0.25, 0.3) is 0 Å². The molecule has 2 aromatic carbocycles. The molecule has 0 bridgehead atoms. The number of aromatic nitrogens is 2. The summed E-state index contributed by atoms with van der Waals surface area (Å²) < 4.78 is 1.94. The molecule has 7 nitrogen and oxygen atoms in total. The molecule has 1 aliphatic heterocycles. The van der Waals surface area contributed by atoms with Crippen LogP contribution >= 0.6 is 0 Å². The molecule has 29 heavy (non-hydrogen) atoms. The first-order chi connectivity index (χ1) is 14.1. The minimum absolute atomic E-state index is 0.211. The summed E-state index contributed by atoms with van der Waals surface area (Å²) in [5, 5.41) is 2.85. The normalized spacial score (nSPS) is 12.9. The van der Waals surface area contributed by atoms with Crippen LogP contribution in [-0.4, -0.2) is 38.7 Å². The molecular formula is C22H20N4O3. The number of carbonyl (C=O) groups excluding carboxylic acids is 3. The first-order valence-electron chi connectivity index (χ1n) is 9.41. The van der Waals surface area contributed by atoms with Crippen molar-refractivity contribution in [3.63, 3.8) is 0 Å². The maximum absolute atomic E-state index is 12.7. The van der Waals surface area contributed by atoms with Gasteiger partial charge >= 0.3 is 0 Å².